The van der Waals surface area contributed by atoms with Crippen molar-refractivity contribution in [2.75, 3.05) is 13.1 Å². The van der Waals surface area contributed by atoms with Crippen molar-refractivity contribution in [1.82, 2.24) is 5.32 Å². The van der Waals surface area contributed by atoms with Crippen LogP contribution in [0.4, 0.5) is 0 Å². The van der Waals surface area contributed by atoms with E-state index in [1.807, 2.05) is 0 Å². The van der Waals surface area contributed by atoms with Gasteiger partial charge in [0.1, 0.15) is 5.75 Å². The van der Waals surface area contributed by atoms with Crippen LogP contribution in [0.5, 0.6) is 5.75 Å². The summed E-state index contributed by atoms with van der Waals surface area (Å²) < 4.78 is 5.63. The Morgan fingerprint density at radius 1 is 1.31 bits per heavy atom. The van der Waals surface area contributed by atoms with Crippen molar-refractivity contribution in [2.45, 2.75) is 32.8 Å². The summed E-state index contributed by atoms with van der Waals surface area (Å²) in [4.78, 5) is 0. The van der Waals surface area contributed by atoms with Gasteiger partial charge in [0.15, 0.2) is 0 Å². The van der Waals surface area contributed by atoms with Crippen LogP contribution in [0.15, 0.2) is 24.3 Å². The highest BCUT2D eigenvalue weighted by atomic mass is 16.5. The highest BCUT2D eigenvalue weighted by Gasteiger charge is 2.14. The molecular weight excluding hydrogens is 198 g/mol. The zero-order valence-electron chi connectivity index (χ0n) is 10.2. The van der Waals surface area contributed by atoms with Crippen LogP contribution in [0.25, 0.3) is 0 Å². The van der Waals surface area contributed by atoms with E-state index in [0.29, 0.717) is 0 Å². The van der Waals surface area contributed by atoms with Gasteiger partial charge in [-0.1, -0.05) is 12.1 Å². The lowest BCUT2D eigenvalue weighted by Crippen LogP contribution is -2.10. The summed E-state index contributed by atoms with van der Waals surface area (Å²) in [7, 11) is 0. The zero-order chi connectivity index (χ0) is 11.4. The summed E-state index contributed by atoms with van der Waals surface area (Å²) in [5, 5.41) is 3.41. The maximum absolute atomic E-state index is 5.63. The second-order valence-electron chi connectivity index (χ2n) is 4.87. The lowest BCUT2D eigenvalue weighted by molar-refractivity contribution is 0.242. The molecule has 2 heteroatoms. The van der Waals surface area contributed by atoms with Crippen molar-refractivity contribution in [3.63, 3.8) is 0 Å². The Balaban J connectivity index is 1.90. The van der Waals surface area contributed by atoms with E-state index in [2.05, 4.69) is 43.4 Å². The fourth-order valence-electron chi connectivity index (χ4n) is 2.20. The van der Waals surface area contributed by atoms with Gasteiger partial charge in [-0.15, -0.1) is 0 Å². The van der Waals surface area contributed by atoms with Gasteiger partial charge in [0, 0.05) is 0 Å². The minimum atomic E-state index is 0.255. The van der Waals surface area contributed by atoms with Gasteiger partial charge in [-0.3, -0.25) is 0 Å². The average Bonchev–Trinajstić information content (AvgIpc) is 2.73. The highest BCUT2D eigenvalue weighted by molar-refractivity contribution is 5.27. The van der Waals surface area contributed by atoms with Crippen LogP contribution in [0.3, 0.4) is 0 Å². The molecule has 0 bridgehead atoms. The van der Waals surface area contributed by atoms with Gasteiger partial charge >= 0.3 is 0 Å². The van der Waals surface area contributed by atoms with E-state index in [9.17, 15) is 0 Å². The van der Waals surface area contributed by atoms with Crippen molar-refractivity contribution in [1.29, 1.82) is 0 Å². The Kier molecular flexibility index (Phi) is 3.83. The minimum absolute atomic E-state index is 0.255. The van der Waals surface area contributed by atoms with Crippen LogP contribution in [-0.4, -0.2) is 19.2 Å². The van der Waals surface area contributed by atoms with Crippen molar-refractivity contribution in [2.24, 2.45) is 5.92 Å². The standard InChI is InChI=1S/C14H21NO/c1-11(2)16-14-5-3-12(4-6-14)9-13-7-8-15-10-13/h3-6,11,13,15H,7-10H2,1-2H3. The van der Waals surface area contributed by atoms with Crippen LogP contribution in [0.1, 0.15) is 25.8 Å². The van der Waals surface area contributed by atoms with Gasteiger partial charge in [-0.05, 0) is 63.4 Å². The van der Waals surface area contributed by atoms with Crippen LogP contribution >= 0.6 is 0 Å². The molecule has 1 atom stereocenters. The first-order valence-corrected chi connectivity index (χ1v) is 6.20. The second kappa shape index (κ2) is 5.35. The third-order valence-electron chi connectivity index (χ3n) is 2.98. The van der Waals surface area contributed by atoms with Crippen molar-refractivity contribution in [3.05, 3.63) is 29.8 Å². The number of ether oxygens (including phenoxy) is 1. The molecule has 0 spiro atoms. The smallest absolute Gasteiger partial charge is 0.119 e. The van der Waals surface area contributed by atoms with E-state index in [-0.39, 0.29) is 6.10 Å². The number of rotatable bonds is 4. The first-order chi connectivity index (χ1) is 7.74. The summed E-state index contributed by atoms with van der Waals surface area (Å²) in [5.74, 6) is 1.79. The molecule has 1 unspecified atom stereocenters. The van der Waals surface area contributed by atoms with E-state index in [1.54, 1.807) is 0 Å². The SMILES string of the molecule is CC(C)Oc1ccc(CC2CCNC2)cc1. The summed E-state index contributed by atoms with van der Waals surface area (Å²) >= 11 is 0. The predicted molar refractivity (Wildman–Crippen MR) is 66.9 cm³/mol. The third-order valence-corrected chi connectivity index (χ3v) is 2.98. The van der Waals surface area contributed by atoms with E-state index in [4.69, 9.17) is 4.74 Å². The van der Waals surface area contributed by atoms with Crippen LogP contribution in [0, 0.1) is 5.92 Å². The monoisotopic (exact) mass is 219 g/mol. The normalized spacial score (nSPS) is 20.3. The molecule has 16 heavy (non-hydrogen) atoms. The average molecular weight is 219 g/mol. The largest absolute Gasteiger partial charge is 0.491 e. The minimum Gasteiger partial charge on any atom is -0.491 e. The van der Waals surface area contributed by atoms with E-state index in [1.165, 1.54) is 31.5 Å². The Morgan fingerprint density at radius 2 is 2.06 bits per heavy atom. The van der Waals surface area contributed by atoms with E-state index < -0.39 is 0 Å². The van der Waals surface area contributed by atoms with E-state index >= 15 is 0 Å². The lowest BCUT2D eigenvalue weighted by atomic mass is 9.99. The van der Waals surface area contributed by atoms with Gasteiger partial charge in [0.2, 0.25) is 0 Å². The lowest BCUT2D eigenvalue weighted by Gasteiger charge is -2.11. The third kappa shape index (κ3) is 3.24. The van der Waals surface area contributed by atoms with Crippen molar-refractivity contribution >= 4 is 0 Å². The van der Waals surface area contributed by atoms with Gasteiger partial charge < -0.3 is 10.1 Å². The molecule has 0 saturated carbocycles. The molecule has 0 aromatic heterocycles. The molecule has 1 fully saturated rings. The number of benzene rings is 1. The molecule has 1 aliphatic heterocycles. The number of hydrogen-bond acceptors (Lipinski definition) is 2. The first-order valence-electron chi connectivity index (χ1n) is 6.20. The Morgan fingerprint density at radius 3 is 2.62 bits per heavy atom. The summed E-state index contributed by atoms with van der Waals surface area (Å²) in [6.07, 6.45) is 2.75. The molecule has 1 aliphatic rings. The molecule has 1 saturated heterocycles. The van der Waals surface area contributed by atoms with Crippen LogP contribution in [0.2, 0.25) is 0 Å². The molecule has 0 radical (unpaired) electrons. The Labute approximate surface area is 98.0 Å². The van der Waals surface area contributed by atoms with Gasteiger partial charge in [0.25, 0.3) is 0 Å². The predicted octanol–water partition coefficient (Wildman–Crippen LogP) is 2.63. The number of hydrogen-bond donors (Lipinski definition) is 1. The Bertz CT molecular complexity index is 312. The molecule has 1 aromatic carbocycles. The quantitative estimate of drug-likeness (QED) is 0.840. The van der Waals surface area contributed by atoms with Crippen molar-refractivity contribution < 1.29 is 4.74 Å². The topological polar surface area (TPSA) is 21.3 Å². The maximum Gasteiger partial charge on any atom is 0.119 e. The van der Waals surface area contributed by atoms with Crippen molar-refractivity contribution in [3.8, 4) is 5.75 Å². The number of nitrogens with one attached hydrogen (secondary N) is 1. The zero-order valence-corrected chi connectivity index (χ0v) is 10.2. The van der Waals surface area contributed by atoms with E-state index in [0.717, 1.165) is 11.7 Å². The molecule has 1 aromatic rings. The first kappa shape index (κ1) is 11.5. The fourth-order valence-corrected chi connectivity index (χ4v) is 2.20. The summed E-state index contributed by atoms with van der Waals surface area (Å²) in [6, 6.07) is 8.54. The fraction of sp³-hybridized carbons (Fsp3) is 0.571. The Hall–Kier alpha value is -1.02. The molecule has 2 rings (SSSR count). The van der Waals surface area contributed by atoms with Crippen LogP contribution in [-0.2, 0) is 6.42 Å². The molecule has 0 aliphatic carbocycles. The summed E-state index contributed by atoms with van der Waals surface area (Å²) in [5.41, 5.74) is 1.42. The second-order valence-corrected chi connectivity index (χ2v) is 4.87. The van der Waals surface area contributed by atoms with Gasteiger partial charge in [0.05, 0.1) is 6.10 Å². The molecule has 1 heterocycles. The summed E-state index contributed by atoms with van der Waals surface area (Å²) in [6.45, 7) is 6.46. The molecule has 1 N–H and O–H groups in total. The molecular formula is C14H21NO. The molecule has 2 nitrogen and oxygen atoms in total. The van der Waals surface area contributed by atoms with Gasteiger partial charge in [-0.2, -0.15) is 0 Å². The molecule has 88 valence electrons. The maximum atomic E-state index is 5.63. The molecule has 0 amide bonds. The van der Waals surface area contributed by atoms with Gasteiger partial charge in [-0.25, -0.2) is 0 Å². The van der Waals surface area contributed by atoms with Crippen LogP contribution < -0.4 is 10.1 Å². The highest BCUT2D eigenvalue weighted by Crippen LogP contribution is 2.18.